The third kappa shape index (κ3) is 2.79. The maximum absolute atomic E-state index is 3.98. The Kier molecular flexibility index (Phi) is 3.49. The van der Waals surface area contributed by atoms with Crippen LogP contribution in [0.2, 0.25) is 0 Å². The Balaban J connectivity index is 1.96. The molecule has 0 aliphatic rings. The highest BCUT2D eigenvalue weighted by Gasteiger charge is 1.95. The lowest BCUT2D eigenvalue weighted by Gasteiger charge is -1.99. The predicted octanol–water partition coefficient (Wildman–Crippen LogP) is 3.88. The van der Waals surface area contributed by atoms with Gasteiger partial charge in [0.1, 0.15) is 0 Å². The Morgan fingerprint density at radius 1 is 0.714 bits per heavy atom. The van der Waals surface area contributed by atoms with Crippen LogP contribution in [-0.2, 0) is 0 Å². The normalized spacial score (nSPS) is 10.0. The van der Waals surface area contributed by atoms with Gasteiger partial charge in [0.05, 0.1) is 0 Å². The van der Waals surface area contributed by atoms with E-state index in [1.54, 1.807) is 21.6 Å². The second-order valence-electron chi connectivity index (χ2n) is 2.66. The van der Waals surface area contributed by atoms with E-state index in [-0.39, 0.29) is 0 Å². The van der Waals surface area contributed by atoms with Crippen LogP contribution in [0.15, 0.2) is 64.6 Å². The van der Waals surface area contributed by atoms with Crippen molar-refractivity contribution in [3.05, 3.63) is 54.9 Å². The molecule has 1 aromatic carbocycles. The highest BCUT2D eigenvalue weighted by atomic mass is 33.1. The number of pyridine rings is 1. The summed E-state index contributed by atoms with van der Waals surface area (Å²) in [6.45, 7) is 0. The number of rotatable bonds is 3. The molecule has 0 bridgehead atoms. The summed E-state index contributed by atoms with van der Waals surface area (Å²) in [5.41, 5.74) is 0. The van der Waals surface area contributed by atoms with E-state index in [1.807, 2.05) is 30.6 Å². The van der Waals surface area contributed by atoms with E-state index in [1.165, 1.54) is 9.79 Å². The maximum Gasteiger partial charge on any atom is 0.0279 e. The first-order valence-corrected chi connectivity index (χ1v) is 6.40. The van der Waals surface area contributed by atoms with Crippen molar-refractivity contribution < 1.29 is 0 Å². The zero-order chi connectivity index (χ0) is 9.64. The Labute approximate surface area is 91.4 Å². The summed E-state index contributed by atoms with van der Waals surface area (Å²) in [5, 5.41) is 0. The van der Waals surface area contributed by atoms with Gasteiger partial charge in [-0.25, -0.2) is 0 Å². The van der Waals surface area contributed by atoms with Crippen molar-refractivity contribution >= 4 is 21.6 Å². The molecule has 0 radical (unpaired) electrons. The van der Waals surface area contributed by atoms with Crippen LogP contribution in [0.3, 0.4) is 0 Å². The van der Waals surface area contributed by atoms with Gasteiger partial charge in [-0.05, 0) is 24.3 Å². The van der Waals surface area contributed by atoms with Gasteiger partial charge in [-0.15, -0.1) is 0 Å². The quantitative estimate of drug-likeness (QED) is 0.727. The van der Waals surface area contributed by atoms with E-state index in [9.17, 15) is 0 Å². The van der Waals surface area contributed by atoms with Crippen LogP contribution in [0.4, 0.5) is 0 Å². The third-order valence-corrected chi connectivity index (χ3v) is 4.04. The fraction of sp³-hybridized carbons (Fsp3) is 0. The van der Waals surface area contributed by atoms with Crippen LogP contribution in [-0.4, -0.2) is 4.98 Å². The lowest BCUT2D eigenvalue weighted by Crippen LogP contribution is -1.70. The van der Waals surface area contributed by atoms with Crippen molar-refractivity contribution in [3.63, 3.8) is 0 Å². The molecule has 3 heteroatoms. The molecule has 0 N–H and O–H groups in total. The molecule has 14 heavy (non-hydrogen) atoms. The lowest BCUT2D eigenvalue weighted by atomic mass is 10.4. The lowest BCUT2D eigenvalue weighted by molar-refractivity contribution is 1.27. The van der Waals surface area contributed by atoms with Gasteiger partial charge >= 0.3 is 0 Å². The first-order chi connectivity index (χ1) is 6.95. The first-order valence-electron chi connectivity index (χ1n) is 4.25. The molecule has 0 saturated carbocycles. The molecule has 0 saturated heterocycles. The van der Waals surface area contributed by atoms with Gasteiger partial charge in [-0.1, -0.05) is 39.8 Å². The first kappa shape index (κ1) is 9.62. The fourth-order valence-electron chi connectivity index (χ4n) is 0.966. The summed E-state index contributed by atoms with van der Waals surface area (Å²) in [6, 6.07) is 14.4. The highest BCUT2D eigenvalue weighted by Crippen LogP contribution is 2.36. The summed E-state index contributed by atoms with van der Waals surface area (Å²) in [4.78, 5) is 6.48. The monoisotopic (exact) mass is 219 g/mol. The number of aromatic nitrogens is 1. The van der Waals surface area contributed by atoms with E-state index in [0.29, 0.717) is 0 Å². The molecule has 70 valence electrons. The van der Waals surface area contributed by atoms with E-state index in [2.05, 4.69) is 29.2 Å². The third-order valence-electron chi connectivity index (χ3n) is 1.63. The maximum atomic E-state index is 3.98. The van der Waals surface area contributed by atoms with E-state index in [4.69, 9.17) is 0 Å². The molecule has 0 spiro atoms. The number of nitrogens with zero attached hydrogens (tertiary/aromatic N) is 1. The molecule has 1 nitrogen and oxygen atoms in total. The van der Waals surface area contributed by atoms with Gasteiger partial charge in [-0.3, -0.25) is 4.98 Å². The van der Waals surface area contributed by atoms with Crippen molar-refractivity contribution in [1.29, 1.82) is 0 Å². The number of hydrogen-bond donors (Lipinski definition) is 0. The largest absolute Gasteiger partial charge is 0.265 e. The molecule has 0 amide bonds. The molecule has 0 fully saturated rings. The van der Waals surface area contributed by atoms with Gasteiger partial charge in [0, 0.05) is 22.2 Å². The Bertz CT molecular complexity index is 336. The topological polar surface area (TPSA) is 12.9 Å². The average Bonchev–Trinajstić information content (AvgIpc) is 2.29. The van der Waals surface area contributed by atoms with Crippen molar-refractivity contribution in [2.24, 2.45) is 0 Å². The van der Waals surface area contributed by atoms with Crippen LogP contribution in [0.25, 0.3) is 0 Å². The van der Waals surface area contributed by atoms with Gasteiger partial charge in [0.25, 0.3) is 0 Å². The summed E-state index contributed by atoms with van der Waals surface area (Å²) in [7, 11) is 3.51. The minimum Gasteiger partial charge on any atom is -0.265 e. The minimum absolute atomic E-state index is 1.23. The van der Waals surface area contributed by atoms with Crippen molar-refractivity contribution in [2.75, 3.05) is 0 Å². The smallest absolute Gasteiger partial charge is 0.0279 e. The molecular weight excluding hydrogens is 210 g/mol. The molecule has 2 aromatic rings. The van der Waals surface area contributed by atoms with E-state index >= 15 is 0 Å². The SMILES string of the molecule is c1ccc(SSc2ccncc2)cc1. The number of hydrogen-bond acceptors (Lipinski definition) is 3. The second kappa shape index (κ2) is 5.08. The van der Waals surface area contributed by atoms with E-state index in [0.717, 1.165) is 0 Å². The van der Waals surface area contributed by atoms with Crippen LogP contribution in [0, 0.1) is 0 Å². The molecule has 2 rings (SSSR count). The minimum atomic E-state index is 1.23. The zero-order valence-corrected chi connectivity index (χ0v) is 9.09. The number of benzene rings is 1. The molecule has 1 heterocycles. The molecular formula is C11H9NS2. The summed E-state index contributed by atoms with van der Waals surface area (Å²) in [5.74, 6) is 0. The fourth-order valence-corrected chi connectivity index (χ4v) is 2.90. The predicted molar refractivity (Wildman–Crippen MR) is 62.4 cm³/mol. The standard InChI is InChI=1S/C11H9NS2/c1-2-4-10(5-3-1)13-14-11-6-8-12-9-7-11/h1-9H. The van der Waals surface area contributed by atoms with Gasteiger partial charge in [0.2, 0.25) is 0 Å². The molecule has 0 aliphatic carbocycles. The van der Waals surface area contributed by atoms with Crippen LogP contribution in [0.5, 0.6) is 0 Å². The summed E-state index contributed by atoms with van der Waals surface area (Å²) >= 11 is 0. The van der Waals surface area contributed by atoms with Crippen LogP contribution < -0.4 is 0 Å². The highest BCUT2D eigenvalue weighted by molar-refractivity contribution is 8.76. The van der Waals surface area contributed by atoms with Gasteiger partial charge in [0.15, 0.2) is 0 Å². The van der Waals surface area contributed by atoms with Crippen LogP contribution in [0.1, 0.15) is 0 Å². The van der Waals surface area contributed by atoms with Crippen LogP contribution >= 0.6 is 21.6 Å². The van der Waals surface area contributed by atoms with Gasteiger partial charge < -0.3 is 0 Å². The van der Waals surface area contributed by atoms with Crippen molar-refractivity contribution in [2.45, 2.75) is 9.79 Å². The molecule has 1 aromatic heterocycles. The Morgan fingerprint density at radius 3 is 1.93 bits per heavy atom. The molecule has 0 atom stereocenters. The Hall–Kier alpha value is -0.930. The summed E-state index contributed by atoms with van der Waals surface area (Å²) in [6.07, 6.45) is 3.63. The molecule has 0 aliphatic heterocycles. The Morgan fingerprint density at radius 2 is 1.29 bits per heavy atom. The van der Waals surface area contributed by atoms with Gasteiger partial charge in [-0.2, -0.15) is 0 Å². The van der Waals surface area contributed by atoms with E-state index < -0.39 is 0 Å². The molecule has 0 unspecified atom stereocenters. The summed E-state index contributed by atoms with van der Waals surface area (Å²) < 4.78 is 0. The second-order valence-corrected chi connectivity index (χ2v) is 4.94. The van der Waals surface area contributed by atoms with Crippen molar-refractivity contribution in [1.82, 2.24) is 4.98 Å². The zero-order valence-electron chi connectivity index (χ0n) is 7.46. The van der Waals surface area contributed by atoms with Crippen molar-refractivity contribution in [3.8, 4) is 0 Å². The average molecular weight is 219 g/mol.